The molecule has 3 nitrogen and oxygen atoms in total. The fraction of sp³-hybridized carbons (Fsp3) is 0.615. The normalized spacial score (nSPS) is 15.3. The van der Waals surface area contributed by atoms with E-state index in [-0.39, 0.29) is 17.5 Å². The van der Waals surface area contributed by atoms with Gasteiger partial charge in [-0.25, -0.2) is 0 Å². The maximum atomic E-state index is 12.9. The van der Waals surface area contributed by atoms with E-state index < -0.39 is 11.7 Å². The molecule has 6 heteroatoms. The van der Waals surface area contributed by atoms with Crippen LogP contribution in [0.3, 0.4) is 0 Å². The number of alkyl halides is 3. The molecule has 0 bridgehead atoms. The van der Waals surface area contributed by atoms with Crippen LogP contribution in [0, 0.1) is 0 Å². The molecule has 0 saturated carbocycles. The van der Waals surface area contributed by atoms with Crippen molar-refractivity contribution in [3.8, 4) is 0 Å². The van der Waals surface area contributed by atoms with E-state index in [1.807, 2.05) is 6.92 Å². The van der Waals surface area contributed by atoms with Gasteiger partial charge in [-0.1, -0.05) is 6.92 Å². The van der Waals surface area contributed by atoms with E-state index in [4.69, 9.17) is 4.74 Å². The van der Waals surface area contributed by atoms with Gasteiger partial charge in [0.1, 0.15) is 0 Å². The van der Waals surface area contributed by atoms with Crippen molar-refractivity contribution < 1.29 is 17.9 Å². The summed E-state index contributed by atoms with van der Waals surface area (Å²) in [4.78, 5) is 3.81. The predicted octanol–water partition coefficient (Wildman–Crippen LogP) is 2.83. The first kappa shape index (κ1) is 15.9. The maximum Gasteiger partial charge on any atom is 0.416 e. The monoisotopic (exact) mass is 276 g/mol. The summed E-state index contributed by atoms with van der Waals surface area (Å²) in [7, 11) is 1.58. The minimum atomic E-state index is -4.35. The van der Waals surface area contributed by atoms with Crippen LogP contribution in [-0.2, 0) is 10.9 Å². The molecule has 0 spiro atoms. The van der Waals surface area contributed by atoms with Gasteiger partial charge in [0.05, 0.1) is 12.2 Å². The van der Waals surface area contributed by atoms with Crippen LogP contribution in [0.5, 0.6) is 0 Å². The van der Waals surface area contributed by atoms with Gasteiger partial charge in [-0.15, -0.1) is 0 Å². The number of ether oxygens (including phenoxy) is 1. The van der Waals surface area contributed by atoms with Gasteiger partial charge in [0.25, 0.3) is 0 Å². The first-order valence-corrected chi connectivity index (χ1v) is 6.11. The third kappa shape index (κ3) is 4.47. The van der Waals surface area contributed by atoms with Crippen LogP contribution >= 0.6 is 0 Å². The smallest absolute Gasteiger partial charge is 0.383 e. The molecule has 0 aromatic carbocycles. The summed E-state index contributed by atoms with van der Waals surface area (Å²) in [6.07, 6.45) is -1.89. The molecule has 1 N–H and O–H groups in total. The van der Waals surface area contributed by atoms with Gasteiger partial charge in [-0.3, -0.25) is 4.98 Å². The van der Waals surface area contributed by atoms with E-state index in [2.05, 4.69) is 10.3 Å². The molecule has 2 atom stereocenters. The first-order chi connectivity index (χ1) is 8.88. The van der Waals surface area contributed by atoms with Gasteiger partial charge in [-0.05, 0) is 24.5 Å². The van der Waals surface area contributed by atoms with Crippen LogP contribution in [0.15, 0.2) is 18.5 Å². The molecule has 1 heterocycles. The average molecular weight is 276 g/mol. The van der Waals surface area contributed by atoms with Crippen LogP contribution in [0.25, 0.3) is 0 Å². The van der Waals surface area contributed by atoms with Gasteiger partial charge in [0, 0.05) is 32.1 Å². The Kier molecular flexibility index (Phi) is 5.75. The molecule has 0 radical (unpaired) electrons. The minimum Gasteiger partial charge on any atom is -0.383 e. The number of pyridine rings is 1. The quantitative estimate of drug-likeness (QED) is 0.811. The second kappa shape index (κ2) is 6.86. The number of nitrogens with zero attached hydrogens (tertiary/aromatic N) is 1. The van der Waals surface area contributed by atoms with E-state index in [0.29, 0.717) is 13.2 Å². The second-order valence-corrected chi connectivity index (χ2v) is 4.48. The highest BCUT2D eigenvalue weighted by Crippen LogP contribution is 2.35. The van der Waals surface area contributed by atoms with E-state index in [9.17, 15) is 13.2 Å². The lowest BCUT2D eigenvalue weighted by Crippen LogP contribution is -2.34. The molecule has 1 rings (SSSR count). The van der Waals surface area contributed by atoms with E-state index in [0.717, 1.165) is 6.07 Å². The van der Waals surface area contributed by atoms with Gasteiger partial charge < -0.3 is 10.1 Å². The predicted molar refractivity (Wildman–Crippen MR) is 67.0 cm³/mol. The Hall–Kier alpha value is -1.14. The summed E-state index contributed by atoms with van der Waals surface area (Å²) in [5.41, 5.74) is -0.400. The molecule has 1 aromatic rings. The van der Waals surface area contributed by atoms with Crippen LogP contribution < -0.4 is 5.32 Å². The number of rotatable bonds is 6. The lowest BCUT2D eigenvalue weighted by atomic mass is 9.92. The van der Waals surface area contributed by atoms with E-state index >= 15 is 0 Å². The van der Waals surface area contributed by atoms with Crippen molar-refractivity contribution in [1.29, 1.82) is 0 Å². The second-order valence-electron chi connectivity index (χ2n) is 4.48. The Bertz CT molecular complexity index is 396. The standard InChI is InChI=1S/C13H19F3N2O/c1-9(10(2)18-6-7-19-3)11-8-17-5-4-12(11)13(14,15)16/h4-5,8-10,18H,6-7H2,1-3H3. The molecular weight excluding hydrogens is 257 g/mol. The molecule has 19 heavy (non-hydrogen) atoms. The van der Waals surface area contributed by atoms with E-state index in [1.165, 1.54) is 12.4 Å². The summed E-state index contributed by atoms with van der Waals surface area (Å²) in [6, 6.07) is 0.925. The lowest BCUT2D eigenvalue weighted by molar-refractivity contribution is -0.138. The number of nitrogens with one attached hydrogen (secondary N) is 1. The summed E-state index contributed by atoms with van der Waals surface area (Å²) < 4.78 is 43.6. The number of halogens is 3. The molecule has 0 saturated heterocycles. The van der Waals surface area contributed by atoms with Gasteiger partial charge in [-0.2, -0.15) is 13.2 Å². The number of hydrogen-bond donors (Lipinski definition) is 1. The Morgan fingerprint density at radius 1 is 1.37 bits per heavy atom. The number of aromatic nitrogens is 1. The fourth-order valence-electron chi connectivity index (χ4n) is 1.86. The van der Waals surface area contributed by atoms with Crippen molar-refractivity contribution in [1.82, 2.24) is 10.3 Å². The topological polar surface area (TPSA) is 34.1 Å². The van der Waals surface area contributed by atoms with Crippen molar-refractivity contribution >= 4 is 0 Å². The van der Waals surface area contributed by atoms with Crippen molar-refractivity contribution in [2.75, 3.05) is 20.3 Å². The molecule has 1 aromatic heterocycles. The summed E-state index contributed by atoms with van der Waals surface area (Å²) in [5.74, 6) is -0.290. The highest BCUT2D eigenvalue weighted by molar-refractivity contribution is 5.30. The Labute approximate surface area is 111 Å². The van der Waals surface area contributed by atoms with Crippen molar-refractivity contribution in [2.45, 2.75) is 32.0 Å². The Morgan fingerprint density at radius 3 is 2.63 bits per heavy atom. The van der Waals surface area contributed by atoms with Crippen LogP contribution in [0.2, 0.25) is 0 Å². The molecule has 108 valence electrons. The molecule has 0 aliphatic carbocycles. The third-order valence-electron chi connectivity index (χ3n) is 3.17. The van der Waals surface area contributed by atoms with Crippen molar-refractivity contribution in [2.24, 2.45) is 0 Å². The highest BCUT2D eigenvalue weighted by atomic mass is 19.4. The molecular formula is C13H19F3N2O. The first-order valence-electron chi connectivity index (χ1n) is 6.11. The number of methoxy groups -OCH3 is 1. The summed E-state index contributed by atoms with van der Waals surface area (Å²) >= 11 is 0. The Balaban J connectivity index is 2.84. The highest BCUT2D eigenvalue weighted by Gasteiger charge is 2.35. The molecule has 0 aliphatic rings. The zero-order chi connectivity index (χ0) is 14.5. The number of hydrogen-bond acceptors (Lipinski definition) is 3. The summed E-state index contributed by atoms with van der Waals surface area (Å²) in [5, 5.41) is 3.14. The van der Waals surface area contributed by atoms with Crippen LogP contribution in [0.1, 0.15) is 30.9 Å². The van der Waals surface area contributed by atoms with Gasteiger partial charge >= 0.3 is 6.18 Å². The fourth-order valence-corrected chi connectivity index (χ4v) is 1.86. The van der Waals surface area contributed by atoms with E-state index in [1.54, 1.807) is 14.0 Å². The SMILES string of the molecule is COCCNC(C)C(C)c1cnccc1C(F)(F)F. The van der Waals surface area contributed by atoms with Crippen molar-refractivity contribution in [3.05, 3.63) is 29.6 Å². The maximum absolute atomic E-state index is 12.9. The van der Waals surface area contributed by atoms with Gasteiger partial charge in [0.2, 0.25) is 0 Å². The molecule has 0 fully saturated rings. The molecule has 0 aliphatic heterocycles. The van der Waals surface area contributed by atoms with Crippen molar-refractivity contribution in [3.63, 3.8) is 0 Å². The van der Waals surface area contributed by atoms with Gasteiger partial charge in [0.15, 0.2) is 0 Å². The molecule has 0 amide bonds. The zero-order valence-corrected chi connectivity index (χ0v) is 11.3. The lowest BCUT2D eigenvalue weighted by Gasteiger charge is -2.24. The minimum absolute atomic E-state index is 0.0968. The third-order valence-corrected chi connectivity index (χ3v) is 3.17. The zero-order valence-electron chi connectivity index (χ0n) is 11.3. The largest absolute Gasteiger partial charge is 0.416 e. The Morgan fingerprint density at radius 2 is 2.05 bits per heavy atom. The van der Waals surface area contributed by atoms with Crippen LogP contribution in [0.4, 0.5) is 13.2 Å². The van der Waals surface area contributed by atoms with Crippen LogP contribution in [-0.4, -0.2) is 31.3 Å². The summed E-state index contributed by atoms with van der Waals surface area (Å²) in [6.45, 7) is 4.74. The average Bonchev–Trinajstić information content (AvgIpc) is 2.37. The molecule has 2 unspecified atom stereocenters.